The Morgan fingerprint density at radius 3 is 1.93 bits per heavy atom. The van der Waals surface area contributed by atoms with E-state index in [1.54, 1.807) is 0 Å². The predicted octanol–water partition coefficient (Wildman–Crippen LogP) is 0.824. The average Bonchev–Trinajstić information content (AvgIpc) is 2.11. The number of rotatable bonds is 7. The summed E-state index contributed by atoms with van der Waals surface area (Å²) in [6.07, 6.45) is 0. The molecule has 1 atom stereocenters. The van der Waals surface area contributed by atoms with Crippen molar-refractivity contribution in [3.8, 4) is 0 Å². The van der Waals surface area contributed by atoms with Gasteiger partial charge in [-0.05, 0) is 24.3 Å². The average molecular weight is 202 g/mol. The van der Waals surface area contributed by atoms with Crippen LogP contribution >= 0.6 is 0 Å². The first-order chi connectivity index (χ1) is 6.52. The molecule has 0 rings (SSSR count). The zero-order valence-corrected chi connectivity index (χ0v) is 9.96. The highest BCUT2D eigenvalue weighted by Gasteiger charge is 2.18. The van der Waals surface area contributed by atoms with E-state index in [0.29, 0.717) is 24.3 Å². The molecule has 0 aromatic carbocycles. The van der Waals surface area contributed by atoms with E-state index >= 15 is 0 Å². The quantitative estimate of drug-likeness (QED) is 0.573. The minimum absolute atomic E-state index is 0.0509. The second-order valence-corrected chi connectivity index (χ2v) is 4.68. The van der Waals surface area contributed by atoms with Crippen molar-refractivity contribution in [1.29, 1.82) is 0 Å². The van der Waals surface area contributed by atoms with Crippen LogP contribution in [-0.2, 0) is 0 Å². The summed E-state index contributed by atoms with van der Waals surface area (Å²) in [6.45, 7) is 10.5. The maximum Gasteiger partial charge on any atom is 0.0597 e. The van der Waals surface area contributed by atoms with Gasteiger partial charge in [0.2, 0.25) is 0 Å². The van der Waals surface area contributed by atoms with Gasteiger partial charge in [0.25, 0.3) is 0 Å². The Kier molecular flexibility index (Phi) is 7.15. The molecule has 0 aliphatic rings. The van der Waals surface area contributed by atoms with Gasteiger partial charge in [0.1, 0.15) is 0 Å². The van der Waals surface area contributed by atoms with Crippen molar-refractivity contribution in [2.24, 2.45) is 23.5 Å². The summed E-state index contributed by atoms with van der Waals surface area (Å²) in [6, 6.07) is 0.0509. The first-order valence-corrected chi connectivity index (χ1v) is 5.57. The van der Waals surface area contributed by atoms with Crippen molar-refractivity contribution < 1.29 is 5.11 Å². The third-order valence-corrected chi connectivity index (χ3v) is 2.86. The Hall–Kier alpha value is -0.120. The number of nitrogens with one attached hydrogen (secondary N) is 1. The molecule has 3 heteroatoms. The van der Waals surface area contributed by atoms with Gasteiger partial charge in [-0.1, -0.05) is 27.7 Å². The predicted molar refractivity (Wildman–Crippen MR) is 61.1 cm³/mol. The molecule has 3 nitrogen and oxygen atoms in total. The van der Waals surface area contributed by atoms with Crippen molar-refractivity contribution in [2.45, 2.75) is 33.7 Å². The van der Waals surface area contributed by atoms with E-state index in [2.05, 4.69) is 33.0 Å². The molecule has 0 heterocycles. The van der Waals surface area contributed by atoms with E-state index in [-0.39, 0.29) is 12.6 Å². The van der Waals surface area contributed by atoms with Gasteiger partial charge in [-0.3, -0.25) is 0 Å². The molecule has 0 saturated heterocycles. The maximum absolute atomic E-state index is 8.97. The first kappa shape index (κ1) is 13.9. The lowest BCUT2D eigenvalue weighted by Crippen LogP contribution is -2.43. The van der Waals surface area contributed by atoms with Crippen LogP contribution in [0.5, 0.6) is 0 Å². The molecule has 0 aromatic heterocycles. The summed E-state index contributed by atoms with van der Waals surface area (Å²) in [5.41, 5.74) is 5.50. The Balaban J connectivity index is 3.92. The molecule has 0 spiro atoms. The number of aliphatic hydroxyl groups excluding tert-OH is 1. The standard InChI is InChI=1S/C11H26N2O/c1-8(2)11(9(3)4)6-13-10(5-12)7-14/h8-11,13-14H,5-7,12H2,1-4H3. The zero-order valence-electron chi connectivity index (χ0n) is 9.96. The summed E-state index contributed by atoms with van der Waals surface area (Å²) in [4.78, 5) is 0. The van der Waals surface area contributed by atoms with Crippen LogP contribution in [0.2, 0.25) is 0 Å². The summed E-state index contributed by atoms with van der Waals surface area (Å²) in [5, 5.41) is 12.3. The molecule has 0 aliphatic heterocycles. The van der Waals surface area contributed by atoms with Crippen molar-refractivity contribution in [3.05, 3.63) is 0 Å². The summed E-state index contributed by atoms with van der Waals surface area (Å²) < 4.78 is 0. The van der Waals surface area contributed by atoms with E-state index in [1.165, 1.54) is 0 Å². The Morgan fingerprint density at radius 2 is 1.64 bits per heavy atom. The molecule has 4 N–H and O–H groups in total. The Bertz CT molecular complexity index is 125. The van der Waals surface area contributed by atoms with Crippen LogP contribution in [0, 0.1) is 17.8 Å². The lowest BCUT2D eigenvalue weighted by molar-refractivity contribution is 0.216. The molecular formula is C11H26N2O. The van der Waals surface area contributed by atoms with Crippen molar-refractivity contribution in [2.75, 3.05) is 19.7 Å². The molecule has 0 aliphatic carbocycles. The fourth-order valence-corrected chi connectivity index (χ4v) is 1.77. The van der Waals surface area contributed by atoms with E-state index < -0.39 is 0 Å². The van der Waals surface area contributed by atoms with Crippen LogP contribution in [-0.4, -0.2) is 30.8 Å². The van der Waals surface area contributed by atoms with Gasteiger partial charge in [-0.25, -0.2) is 0 Å². The van der Waals surface area contributed by atoms with Gasteiger partial charge >= 0.3 is 0 Å². The van der Waals surface area contributed by atoms with Crippen LogP contribution in [0.1, 0.15) is 27.7 Å². The van der Waals surface area contributed by atoms with Crippen molar-refractivity contribution in [1.82, 2.24) is 5.32 Å². The number of hydrogen-bond donors (Lipinski definition) is 3. The molecule has 0 radical (unpaired) electrons. The summed E-state index contributed by atoms with van der Waals surface area (Å²) in [5.74, 6) is 1.98. The maximum atomic E-state index is 8.97. The highest BCUT2D eigenvalue weighted by atomic mass is 16.3. The van der Waals surface area contributed by atoms with Gasteiger partial charge in [0, 0.05) is 12.6 Å². The van der Waals surface area contributed by atoms with Crippen LogP contribution in [0.4, 0.5) is 0 Å². The third kappa shape index (κ3) is 4.94. The van der Waals surface area contributed by atoms with Crippen molar-refractivity contribution >= 4 is 0 Å². The topological polar surface area (TPSA) is 58.3 Å². The Labute approximate surface area is 88.1 Å². The second kappa shape index (κ2) is 7.21. The molecule has 0 aromatic rings. The van der Waals surface area contributed by atoms with Gasteiger partial charge in [0.15, 0.2) is 0 Å². The minimum Gasteiger partial charge on any atom is -0.395 e. The van der Waals surface area contributed by atoms with Crippen LogP contribution < -0.4 is 11.1 Å². The second-order valence-electron chi connectivity index (χ2n) is 4.68. The molecule has 0 bridgehead atoms. The lowest BCUT2D eigenvalue weighted by Gasteiger charge is -2.27. The largest absolute Gasteiger partial charge is 0.395 e. The van der Waals surface area contributed by atoms with Gasteiger partial charge < -0.3 is 16.2 Å². The molecule has 0 amide bonds. The van der Waals surface area contributed by atoms with Crippen LogP contribution in [0.25, 0.3) is 0 Å². The highest BCUT2D eigenvalue weighted by molar-refractivity contribution is 4.73. The fraction of sp³-hybridized carbons (Fsp3) is 1.00. The lowest BCUT2D eigenvalue weighted by atomic mass is 9.85. The number of aliphatic hydroxyl groups is 1. The summed E-state index contributed by atoms with van der Waals surface area (Å²) >= 11 is 0. The van der Waals surface area contributed by atoms with E-state index in [9.17, 15) is 0 Å². The highest BCUT2D eigenvalue weighted by Crippen LogP contribution is 2.19. The fourth-order valence-electron chi connectivity index (χ4n) is 1.77. The molecule has 0 fully saturated rings. The molecule has 86 valence electrons. The molecule has 1 unspecified atom stereocenters. The first-order valence-electron chi connectivity index (χ1n) is 5.57. The van der Waals surface area contributed by atoms with Crippen molar-refractivity contribution in [3.63, 3.8) is 0 Å². The van der Waals surface area contributed by atoms with Crippen LogP contribution in [0.3, 0.4) is 0 Å². The zero-order chi connectivity index (χ0) is 11.1. The molecule has 0 saturated carbocycles. The number of nitrogens with two attached hydrogens (primary N) is 1. The van der Waals surface area contributed by atoms with Crippen LogP contribution in [0.15, 0.2) is 0 Å². The molecule has 14 heavy (non-hydrogen) atoms. The van der Waals surface area contributed by atoms with E-state index in [4.69, 9.17) is 10.8 Å². The van der Waals surface area contributed by atoms with Gasteiger partial charge in [-0.15, -0.1) is 0 Å². The molecular weight excluding hydrogens is 176 g/mol. The SMILES string of the molecule is CC(C)C(CNC(CN)CO)C(C)C. The minimum atomic E-state index is 0.0509. The van der Waals surface area contributed by atoms with Gasteiger partial charge in [-0.2, -0.15) is 0 Å². The normalized spacial score (nSPS) is 14.4. The number of hydrogen-bond acceptors (Lipinski definition) is 3. The van der Waals surface area contributed by atoms with E-state index in [0.717, 1.165) is 6.54 Å². The summed E-state index contributed by atoms with van der Waals surface area (Å²) in [7, 11) is 0. The van der Waals surface area contributed by atoms with E-state index in [1.807, 2.05) is 0 Å². The smallest absolute Gasteiger partial charge is 0.0597 e. The van der Waals surface area contributed by atoms with Gasteiger partial charge in [0.05, 0.1) is 6.61 Å². The Morgan fingerprint density at radius 1 is 1.14 bits per heavy atom. The third-order valence-electron chi connectivity index (χ3n) is 2.86. The monoisotopic (exact) mass is 202 g/mol.